The Bertz CT molecular complexity index is 3890. The molecule has 0 amide bonds. The fourth-order valence-corrected chi connectivity index (χ4v) is 12.7. The molecule has 9 aromatic rings. The molecule has 2 aliphatic heterocycles. The molecular formula is C75H73BCd3N3-. The smallest absolute Gasteiger partial charge is 0.412 e. The van der Waals surface area contributed by atoms with Crippen LogP contribution in [-0.2, 0) is 109 Å². The van der Waals surface area contributed by atoms with E-state index in [4.69, 9.17) is 6.92 Å². The summed E-state index contributed by atoms with van der Waals surface area (Å²) in [5.41, 5.74) is 27.2. The minimum absolute atomic E-state index is 0. The number of benzene rings is 9. The van der Waals surface area contributed by atoms with Gasteiger partial charge >= 0.3 is 54.6 Å². The monoisotopic (exact) mass is 1370 g/mol. The van der Waals surface area contributed by atoms with Crippen LogP contribution in [0.2, 0.25) is 0 Å². The van der Waals surface area contributed by atoms with E-state index in [9.17, 15) is 0 Å². The van der Waals surface area contributed by atoms with Gasteiger partial charge in [0.15, 0.2) is 0 Å². The molecular weight excluding hydrogens is 1290 g/mol. The number of para-hydroxylation sites is 1. The van der Waals surface area contributed by atoms with Crippen LogP contribution in [0.1, 0.15) is 141 Å². The summed E-state index contributed by atoms with van der Waals surface area (Å²) in [6.45, 7) is 41.6. The van der Waals surface area contributed by atoms with Gasteiger partial charge in [-0.1, -0.05) is 204 Å². The predicted molar refractivity (Wildman–Crippen MR) is 338 cm³/mol. The molecule has 2 heterocycles. The van der Waals surface area contributed by atoms with Crippen LogP contribution in [0, 0.1) is 32.0 Å². The van der Waals surface area contributed by atoms with E-state index in [0.717, 1.165) is 67.9 Å². The summed E-state index contributed by atoms with van der Waals surface area (Å²) in [5.74, 6) is 0. The Morgan fingerprint density at radius 1 is 0.476 bits per heavy atom. The molecule has 82 heavy (non-hydrogen) atoms. The van der Waals surface area contributed by atoms with Crippen molar-refractivity contribution in [2.75, 3.05) is 14.7 Å². The molecule has 12 rings (SSSR count). The molecule has 398 valence electrons. The zero-order valence-corrected chi connectivity index (χ0v) is 63.2. The van der Waals surface area contributed by atoms with Gasteiger partial charge in [0.25, 0.3) is 0 Å². The van der Waals surface area contributed by atoms with Crippen LogP contribution >= 0.6 is 0 Å². The van der Waals surface area contributed by atoms with Crippen LogP contribution in [0.25, 0.3) is 22.3 Å². The maximum atomic E-state index is 4.92. The fourth-order valence-electron chi connectivity index (χ4n) is 12.7. The minimum atomic E-state index is -0.215. The summed E-state index contributed by atoms with van der Waals surface area (Å²) < 4.78 is 0. The van der Waals surface area contributed by atoms with Crippen LogP contribution in [0.15, 0.2) is 164 Å². The van der Waals surface area contributed by atoms with Crippen molar-refractivity contribution >= 4 is 74.3 Å². The van der Waals surface area contributed by atoms with Crippen molar-refractivity contribution in [3.63, 3.8) is 0 Å². The van der Waals surface area contributed by atoms with Crippen molar-refractivity contribution in [3.05, 3.63) is 240 Å². The standard InChI is InChI=1S/C75H73BN3.3Cd/c1-47-22-17-20-27-64(47)77(54-36-30-50(31-37-54)71(3,4)5)57-40-41-62-65(46-57)78(55-34-28-49(29-35-55)58-24-21-25-60-59-23-18-19-26-61(59)75(15,16)68(58)60)66-44-53(74(12,13)14)45-67-69(66)76(62)63-43-52(73(9,10)11)42-48(2)70(63)79(67)56-38-32-51(33-39-56)72(6,7)8;;;/h17-34,36-37,40-46H,1-2H2,3-16H3;;;/q-5;;2*+2. The molecule has 0 unspecified atom stereocenters. The van der Waals surface area contributed by atoms with Gasteiger partial charge in [-0.15, -0.1) is 28.6 Å². The number of rotatable bonds is 6. The second kappa shape index (κ2) is 22.1. The molecule has 7 heteroatoms. The van der Waals surface area contributed by atoms with Crippen molar-refractivity contribution < 1.29 is 81.9 Å². The number of hydrogen-bond donors (Lipinski definition) is 0. The number of anilines is 9. The van der Waals surface area contributed by atoms with E-state index in [0.29, 0.717) is 0 Å². The van der Waals surface area contributed by atoms with E-state index in [1.165, 1.54) is 66.5 Å². The number of fused-ring (bicyclic) bond motifs is 7. The molecule has 3 nitrogen and oxygen atoms in total. The zero-order valence-electron chi connectivity index (χ0n) is 51.0. The molecule has 0 spiro atoms. The third-order valence-corrected chi connectivity index (χ3v) is 17.2. The van der Waals surface area contributed by atoms with Crippen LogP contribution in [0.4, 0.5) is 51.2 Å². The topological polar surface area (TPSA) is 9.72 Å². The third-order valence-electron chi connectivity index (χ3n) is 17.2. The second-order valence-corrected chi connectivity index (χ2v) is 27.1. The first-order chi connectivity index (χ1) is 37.3. The second-order valence-electron chi connectivity index (χ2n) is 27.1. The largest absolute Gasteiger partial charge is 2.00 e. The van der Waals surface area contributed by atoms with Crippen LogP contribution < -0.4 is 31.1 Å². The molecule has 0 saturated carbocycles. The van der Waals surface area contributed by atoms with Crippen molar-refractivity contribution in [3.8, 4) is 22.3 Å². The first-order valence-corrected chi connectivity index (χ1v) is 28.2. The first kappa shape index (κ1) is 61.5. The van der Waals surface area contributed by atoms with E-state index in [1.54, 1.807) is 0 Å². The summed E-state index contributed by atoms with van der Waals surface area (Å²) >= 11 is 0. The summed E-state index contributed by atoms with van der Waals surface area (Å²) in [6, 6.07) is 72.9. The Hall–Kier alpha value is -5.05. The van der Waals surface area contributed by atoms with Crippen molar-refractivity contribution in [1.82, 2.24) is 0 Å². The minimum Gasteiger partial charge on any atom is -0.412 e. The van der Waals surface area contributed by atoms with Gasteiger partial charge in [-0.2, -0.15) is 55.3 Å². The molecule has 0 atom stereocenters. The molecule has 0 N–H and O–H groups in total. The maximum Gasteiger partial charge on any atom is 2.00 e. The zero-order chi connectivity index (χ0) is 55.9. The fraction of sp³-hybridized carbons (Fsp3) is 0.253. The molecule has 0 aromatic heterocycles. The van der Waals surface area contributed by atoms with E-state index in [2.05, 4.69) is 301 Å². The normalized spacial score (nSPS) is 13.8. The number of hydrogen-bond acceptors (Lipinski definition) is 3. The van der Waals surface area contributed by atoms with Gasteiger partial charge in [0.05, 0.1) is 0 Å². The van der Waals surface area contributed by atoms with E-state index >= 15 is 0 Å². The Morgan fingerprint density at radius 2 is 1.05 bits per heavy atom. The third kappa shape index (κ3) is 10.5. The summed E-state index contributed by atoms with van der Waals surface area (Å²) in [5, 5.41) is 0. The van der Waals surface area contributed by atoms with Crippen molar-refractivity contribution in [2.24, 2.45) is 0 Å². The molecule has 0 saturated heterocycles. The van der Waals surface area contributed by atoms with Crippen molar-refractivity contribution in [1.29, 1.82) is 0 Å². The van der Waals surface area contributed by atoms with Gasteiger partial charge in [0.1, 0.15) is 0 Å². The van der Waals surface area contributed by atoms with Gasteiger partial charge in [-0.25, -0.2) is 5.69 Å². The van der Waals surface area contributed by atoms with Crippen LogP contribution in [0.3, 0.4) is 0 Å². The van der Waals surface area contributed by atoms with Gasteiger partial charge in [0, 0.05) is 61.2 Å². The molecule has 0 fully saturated rings. The average molecular weight is 1360 g/mol. The molecule has 3 aliphatic rings. The summed E-state index contributed by atoms with van der Waals surface area (Å²) in [6.07, 6.45) is 0. The van der Waals surface area contributed by atoms with Gasteiger partial charge < -0.3 is 26.8 Å². The average Bonchev–Trinajstić information content (AvgIpc) is 3.17. The quantitative estimate of drug-likeness (QED) is 0.121. The molecule has 1 aliphatic carbocycles. The molecule has 0 radical (unpaired) electrons. The molecule has 9 aromatic carbocycles. The van der Waals surface area contributed by atoms with Crippen molar-refractivity contribution in [2.45, 2.75) is 124 Å². The van der Waals surface area contributed by atoms with Gasteiger partial charge in [-0.05, 0) is 96.9 Å². The maximum absolute atomic E-state index is 4.92. The van der Waals surface area contributed by atoms with E-state index < -0.39 is 0 Å². The predicted octanol–water partition coefficient (Wildman–Crippen LogP) is 18.2. The Morgan fingerprint density at radius 3 is 1.67 bits per heavy atom. The van der Waals surface area contributed by atoms with Crippen LogP contribution in [-0.4, -0.2) is 6.71 Å². The Balaban J connectivity index is 0.00000270. The van der Waals surface area contributed by atoms with Gasteiger partial charge in [0.2, 0.25) is 6.71 Å². The van der Waals surface area contributed by atoms with Gasteiger partial charge in [-0.3, -0.25) is 17.7 Å². The first-order valence-electron chi connectivity index (χ1n) is 28.2. The summed E-state index contributed by atoms with van der Waals surface area (Å²) in [7, 11) is 0. The van der Waals surface area contributed by atoms with E-state index in [1.807, 2.05) is 0 Å². The van der Waals surface area contributed by atoms with E-state index in [-0.39, 0.29) is 116 Å². The number of nitrogens with zero attached hydrogens (tertiary/aromatic N) is 3. The Kier molecular flexibility index (Phi) is 16.6. The summed E-state index contributed by atoms with van der Waals surface area (Å²) in [4.78, 5) is 7.32. The SMILES string of the molecule is [CH2-]c1ccccc1N(c1ccc(C(C)(C)C)cc1)c1ccc2c(c1)N(c1[c-]cc(-c3cccc4c3C(C)(C)c3ccccc3-4)cc1)c1cc(C(C)(C)C)cc3c1B2c1cc(C(C)(C)C)cc([CH2-])c1N3c1[c-]cc(C(C)(C)C)c[c-]1.[Cd+2].[Cd+2].[Cd]. The van der Waals surface area contributed by atoms with Crippen LogP contribution in [0.5, 0.6) is 0 Å². The molecule has 0 bridgehead atoms. The Labute approximate surface area is 551 Å².